The molecule has 0 aliphatic carbocycles. The van der Waals surface area contributed by atoms with Crippen LogP contribution in [0.4, 0.5) is 0 Å². The topological polar surface area (TPSA) is 48.2 Å². The Bertz CT molecular complexity index is 826. The fourth-order valence-corrected chi connectivity index (χ4v) is 3.44. The van der Waals surface area contributed by atoms with Gasteiger partial charge in [0, 0.05) is 23.8 Å². The maximum atomic E-state index is 6.22. The first-order valence-electron chi connectivity index (χ1n) is 8.01. The molecule has 0 unspecified atom stereocenters. The molecule has 0 N–H and O–H groups in total. The van der Waals surface area contributed by atoms with Crippen molar-refractivity contribution in [3.05, 3.63) is 71.1 Å². The Hall–Kier alpha value is -2.17. The highest BCUT2D eigenvalue weighted by molar-refractivity contribution is 6.30. The van der Waals surface area contributed by atoms with E-state index in [0.717, 1.165) is 24.0 Å². The molecule has 0 saturated carbocycles. The summed E-state index contributed by atoms with van der Waals surface area (Å²) in [6.07, 6.45) is 1.59. The number of rotatable bonds is 3. The standard InChI is InChI=1S/C19H17ClN2O2/c20-16-8-4-7-15(13-16)19(9-11-23-12-10-19)18-22-21-17(24-18)14-5-2-1-3-6-14/h1-8,13H,9-12H2. The SMILES string of the molecule is Clc1cccc(C2(c3nnc(-c4ccccc4)o3)CCOCC2)c1. The van der Waals surface area contributed by atoms with Crippen molar-refractivity contribution in [2.24, 2.45) is 0 Å². The van der Waals surface area contributed by atoms with Crippen LogP contribution >= 0.6 is 11.6 Å². The van der Waals surface area contributed by atoms with E-state index in [0.29, 0.717) is 30.0 Å². The molecule has 1 fully saturated rings. The summed E-state index contributed by atoms with van der Waals surface area (Å²) < 4.78 is 11.7. The molecule has 1 aromatic heterocycles. The molecule has 1 saturated heterocycles. The van der Waals surface area contributed by atoms with Gasteiger partial charge in [0.1, 0.15) is 0 Å². The lowest BCUT2D eigenvalue weighted by Gasteiger charge is -2.34. The van der Waals surface area contributed by atoms with Gasteiger partial charge in [-0.3, -0.25) is 0 Å². The highest BCUT2D eigenvalue weighted by Gasteiger charge is 2.41. The molecule has 0 amide bonds. The summed E-state index contributed by atoms with van der Waals surface area (Å²) in [4.78, 5) is 0. The van der Waals surface area contributed by atoms with Crippen molar-refractivity contribution in [3.8, 4) is 11.5 Å². The Labute approximate surface area is 145 Å². The van der Waals surface area contributed by atoms with Gasteiger partial charge >= 0.3 is 0 Å². The minimum absolute atomic E-state index is 0.344. The zero-order valence-corrected chi connectivity index (χ0v) is 13.9. The van der Waals surface area contributed by atoms with Crippen LogP contribution in [0.1, 0.15) is 24.3 Å². The van der Waals surface area contributed by atoms with E-state index in [1.165, 1.54) is 0 Å². The van der Waals surface area contributed by atoms with E-state index in [1.807, 2.05) is 48.5 Å². The molecular weight excluding hydrogens is 324 g/mol. The molecule has 5 heteroatoms. The van der Waals surface area contributed by atoms with Gasteiger partial charge in [0.25, 0.3) is 0 Å². The number of hydrogen-bond acceptors (Lipinski definition) is 4. The van der Waals surface area contributed by atoms with Gasteiger partial charge in [0.2, 0.25) is 11.8 Å². The minimum Gasteiger partial charge on any atom is -0.420 e. The van der Waals surface area contributed by atoms with E-state index in [2.05, 4.69) is 16.3 Å². The van der Waals surface area contributed by atoms with Crippen molar-refractivity contribution in [1.82, 2.24) is 10.2 Å². The van der Waals surface area contributed by atoms with Crippen LogP contribution in [0.25, 0.3) is 11.5 Å². The number of benzene rings is 2. The van der Waals surface area contributed by atoms with Crippen molar-refractivity contribution in [3.63, 3.8) is 0 Å². The molecule has 1 aliphatic heterocycles. The summed E-state index contributed by atoms with van der Waals surface area (Å²) in [5.41, 5.74) is 1.68. The van der Waals surface area contributed by atoms with Crippen LogP contribution in [0, 0.1) is 0 Å². The predicted octanol–water partition coefficient (Wildman–Crippen LogP) is 4.49. The molecule has 4 nitrogen and oxygen atoms in total. The minimum atomic E-state index is -0.344. The molecule has 3 aromatic rings. The van der Waals surface area contributed by atoms with E-state index in [1.54, 1.807) is 0 Å². The van der Waals surface area contributed by atoms with Crippen LogP contribution in [-0.4, -0.2) is 23.4 Å². The smallest absolute Gasteiger partial charge is 0.247 e. The van der Waals surface area contributed by atoms with Gasteiger partial charge in [-0.1, -0.05) is 41.9 Å². The number of aromatic nitrogens is 2. The monoisotopic (exact) mass is 340 g/mol. The highest BCUT2D eigenvalue weighted by Crippen LogP contribution is 2.41. The van der Waals surface area contributed by atoms with Gasteiger partial charge in [-0.2, -0.15) is 0 Å². The van der Waals surface area contributed by atoms with E-state index < -0.39 is 0 Å². The second kappa shape index (κ2) is 6.38. The zero-order chi connectivity index (χ0) is 16.4. The quantitative estimate of drug-likeness (QED) is 0.705. The average Bonchev–Trinajstić information content (AvgIpc) is 3.14. The van der Waals surface area contributed by atoms with Gasteiger partial charge in [0.15, 0.2) is 0 Å². The molecule has 122 valence electrons. The van der Waals surface area contributed by atoms with E-state index in [-0.39, 0.29) is 5.41 Å². The normalized spacial score (nSPS) is 16.9. The second-order valence-corrected chi connectivity index (χ2v) is 6.42. The van der Waals surface area contributed by atoms with Crippen molar-refractivity contribution >= 4 is 11.6 Å². The first kappa shape index (κ1) is 15.4. The molecule has 0 spiro atoms. The fourth-order valence-electron chi connectivity index (χ4n) is 3.25. The van der Waals surface area contributed by atoms with Crippen molar-refractivity contribution in [1.29, 1.82) is 0 Å². The van der Waals surface area contributed by atoms with Crippen molar-refractivity contribution in [2.45, 2.75) is 18.3 Å². The summed E-state index contributed by atoms with van der Waals surface area (Å²) >= 11 is 6.22. The van der Waals surface area contributed by atoms with Crippen LogP contribution in [0.5, 0.6) is 0 Å². The summed E-state index contributed by atoms with van der Waals surface area (Å²) in [5, 5.41) is 9.35. The van der Waals surface area contributed by atoms with E-state index >= 15 is 0 Å². The fraction of sp³-hybridized carbons (Fsp3) is 0.263. The Morgan fingerprint density at radius 3 is 2.46 bits per heavy atom. The Morgan fingerprint density at radius 1 is 0.917 bits per heavy atom. The first-order chi connectivity index (χ1) is 11.8. The van der Waals surface area contributed by atoms with Crippen LogP contribution < -0.4 is 0 Å². The maximum Gasteiger partial charge on any atom is 0.247 e. The van der Waals surface area contributed by atoms with Crippen molar-refractivity contribution < 1.29 is 9.15 Å². The number of halogens is 1. The summed E-state index contributed by atoms with van der Waals surface area (Å²) in [5.74, 6) is 1.17. The van der Waals surface area contributed by atoms with E-state index in [4.69, 9.17) is 20.8 Å². The largest absolute Gasteiger partial charge is 0.420 e. The molecule has 2 aromatic carbocycles. The number of ether oxygens (including phenoxy) is 1. The third-order valence-corrected chi connectivity index (χ3v) is 4.81. The third-order valence-electron chi connectivity index (χ3n) is 4.58. The molecular formula is C19H17ClN2O2. The Balaban J connectivity index is 1.79. The van der Waals surface area contributed by atoms with Crippen LogP contribution in [0.15, 0.2) is 59.0 Å². The zero-order valence-electron chi connectivity index (χ0n) is 13.1. The van der Waals surface area contributed by atoms with Crippen LogP contribution in [0.2, 0.25) is 5.02 Å². The second-order valence-electron chi connectivity index (χ2n) is 5.98. The average molecular weight is 341 g/mol. The highest BCUT2D eigenvalue weighted by atomic mass is 35.5. The lowest BCUT2D eigenvalue weighted by molar-refractivity contribution is 0.0546. The molecule has 0 radical (unpaired) electrons. The van der Waals surface area contributed by atoms with Gasteiger partial charge in [-0.05, 0) is 42.7 Å². The molecule has 0 bridgehead atoms. The van der Waals surface area contributed by atoms with E-state index in [9.17, 15) is 0 Å². The molecule has 1 aliphatic rings. The lowest BCUT2D eigenvalue weighted by Crippen LogP contribution is -2.35. The van der Waals surface area contributed by atoms with Gasteiger partial charge in [0.05, 0.1) is 5.41 Å². The molecule has 0 atom stereocenters. The van der Waals surface area contributed by atoms with Gasteiger partial charge < -0.3 is 9.15 Å². The summed E-state index contributed by atoms with van der Waals surface area (Å²) in [6, 6.07) is 17.7. The third kappa shape index (κ3) is 2.72. The molecule has 2 heterocycles. The predicted molar refractivity (Wildman–Crippen MR) is 92.0 cm³/mol. The Morgan fingerprint density at radius 2 is 1.71 bits per heavy atom. The molecule has 24 heavy (non-hydrogen) atoms. The van der Waals surface area contributed by atoms with Gasteiger partial charge in [-0.15, -0.1) is 10.2 Å². The lowest BCUT2D eigenvalue weighted by atomic mass is 9.74. The molecule has 4 rings (SSSR count). The number of hydrogen-bond donors (Lipinski definition) is 0. The maximum absolute atomic E-state index is 6.22. The summed E-state index contributed by atoms with van der Waals surface area (Å²) in [6.45, 7) is 1.32. The Kier molecular flexibility index (Phi) is 4.08. The number of nitrogens with zero attached hydrogens (tertiary/aromatic N) is 2. The van der Waals surface area contributed by atoms with Crippen LogP contribution in [-0.2, 0) is 10.2 Å². The van der Waals surface area contributed by atoms with Crippen LogP contribution in [0.3, 0.4) is 0 Å². The van der Waals surface area contributed by atoms with Gasteiger partial charge in [-0.25, -0.2) is 0 Å². The van der Waals surface area contributed by atoms with Crippen molar-refractivity contribution in [2.75, 3.05) is 13.2 Å². The summed E-state index contributed by atoms with van der Waals surface area (Å²) in [7, 11) is 0. The first-order valence-corrected chi connectivity index (χ1v) is 8.39.